The maximum atomic E-state index is 5.72. The highest BCUT2D eigenvalue weighted by Gasteiger charge is 1.98. The van der Waals surface area contributed by atoms with Crippen molar-refractivity contribution in [3.8, 4) is 0 Å². The smallest absolute Gasteiger partial charge is 0.0716 e. The first kappa shape index (κ1) is 18.2. The number of ether oxygens (including phenoxy) is 1. The van der Waals surface area contributed by atoms with Gasteiger partial charge in [-0.15, -0.1) is 0 Å². The van der Waals surface area contributed by atoms with E-state index < -0.39 is 0 Å². The van der Waals surface area contributed by atoms with Crippen molar-refractivity contribution in [3.63, 3.8) is 0 Å². The molecular formula is C19H33NO. The van der Waals surface area contributed by atoms with Gasteiger partial charge in [-0.1, -0.05) is 52.0 Å². The first-order valence-electron chi connectivity index (χ1n) is 8.44. The quantitative estimate of drug-likeness (QED) is 0.609. The van der Waals surface area contributed by atoms with Crippen LogP contribution in [0.1, 0.15) is 51.7 Å². The van der Waals surface area contributed by atoms with Crippen molar-refractivity contribution >= 4 is 0 Å². The molecule has 21 heavy (non-hydrogen) atoms. The number of benzene rings is 1. The van der Waals surface area contributed by atoms with E-state index in [1.165, 1.54) is 17.5 Å². The first-order chi connectivity index (χ1) is 10.1. The number of hydrogen-bond acceptors (Lipinski definition) is 2. The van der Waals surface area contributed by atoms with Crippen LogP contribution in [0, 0.1) is 11.8 Å². The highest BCUT2D eigenvalue weighted by molar-refractivity contribution is 5.22. The van der Waals surface area contributed by atoms with Crippen LogP contribution in [0.3, 0.4) is 0 Å². The molecule has 0 amide bonds. The largest absolute Gasteiger partial charge is 0.377 e. The molecule has 0 aliphatic heterocycles. The summed E-state index contributed by atoms with van der Waals surface area (Å²) >= 11 is 0. The normalized spacial score (nSPS) is 11.5. The molecule has 2 heteroatoms. The molecule has 1 aromatic rings. The lowest BCUT2D eigenvalue weighted by Gasteiger charge is -2.09. The molecule has 0 unspecified atom stereocenters. The Kier molecular flexibility index (Phi) is 9.36. The van der Waals surface area contributed by atoms with Crippen LogP contribution in [-0.4, -0.2) is 19.7 Å². The molecule has 0 saturated carbocycles. The topological polar surface area (TPSA) is 21.3 Å². The Hall–Kier alpha value is -0.860. The molecule has 0 atom stereocenters. The SMILES string of the molecule is CC(C)CCCOCc1ccc(CCNCC(C)C)cc1. The van der Waals surface area contributed by atoms with Gasteiger partial charge in [-0.05, 0) is 55.3 Å². The highest BCUT2D eigenvalue weighted by atomic mass is 16.5. The van der Waals surface area contributed by atoms with Crippen molar-refractivity contribution in [1.29, 1.82) is 0 Å². The van der Waals surface area contributed by atoms with Crippen molar-refractivity contribution in [2.24, 2.45) is 11.8 Å². The minimum atomic E-state index is 0.722. The second kappa shape index (κ2) is 10.8. The highest BCUT2D eigenvalue weighted by Crippen LogP contribution is 2.08. The van der Waals surface area contributed by atoms with E-state index in [-0.39, 0.29) is 0 Å². The second-order valence-electron chi connectivity index (χ2n) is 6.75. The van der Waals surface area contributed by atoms with Crippen LogP contribution in [-0.2, 0) is 17.8 Å². The molecule has 0 bridgehead atoms. The van der Waals surface area contributed by atoms with E-state index in [0.29, 0.717) is 0 Å². The van der Waals surface area contributed by atoms with Gasteiger partial charge in [0.05, 0.1) is 6.61 Å². The summed E-state index contributed by atoms with van der Waals surface area (Å²) in [6, 6.07) is 8.84. The summed E-state index contributed by atoms with van der Waals surface area (Å²) in [5.74, 6) is 1.50. The van der Waals surface area contributed by atoms with E-state index in [4.69, 9.17) is 4.74 Å². The molecule has 0 heterocycles. The molecule has 0 radical (unpaired) electrons. The molecule has 0 aliphatic carbocycles. The van der Waals surface area contributed by atoms with Crippen LogP contribution in [0.2, 0.25) is 0 Å². The molecule has 2 nitrogen and oxygen atoms in total. The van der Waals surface area contributed by atoms with Crippen LogP contribution in [0.25, 0.3) is 0 Å². The van der Waals surface area contributed by atoms with Crippen LogP contribution in [0.15, 0.2) is 24.3 Å². The van der Waals surface area contributed by atoms with Gasteiger partial charge < -0.3 is 10.1 Å². The minimum absolute atomic E-state index is 0.722. The monoisotopic (exact) mass is 291 g/mol. The Balaban J connectivity index is 2.15. The Morgan fingerprint density at radius 2 is 1.62 bits per heavy atom. The van der Waals surface area contributed by atoms with Crippen molar-refractivity contribution in [1.82, 2.24) is 5.32 Å². The standard InChI is InChI=1S/C19H33NO/c1-16(2)6-5-13-21-15-19-9-7-18(8-10-19)11-12-20-14-17(3)4/h7-10,16-17,20H,5-6,11-15H2,1-4H3. The second-order valence-corrected chi connectivity index (χ2v) is 6.75. The van der Waals surface area contributed by atoms with Gasteiger partial charge in [0.15, 0.2) is 0 Å². The van der Waals surface area contributed by atoms with E-state index >= 15 is 0 Å². The average molecular weight is 291 g/mol. The first-order valence-corrected chi connectivity index (χ1v) is 8.44. The summed E-state index contributed by atoms with van der Waals surface area (Å²) in [5, 5.41) is 3.48. The van der Waals surface area contributed by atoms with Gasteiger partial charge in [-0.25, -0.2) is 0 Å². The lowest BCUT2D eigenvalue weighted by Crippen LogP contribution is -2.22. The number of nitrogens with one attached hydrogen (secondary N) is 1. The van der Waals surface area contributed by atoms with E-state index in [1.54, 1.807) is 0 Å². The molecule has 0 aromatic heterocycles. The van der Waals surface area contributed by atoms with E-state index in [9.17, 15) is 0 Å². The molecular weight excluding hydrogens is 258 g/mol. The third-order valence-electron chi connectivity index (χ3n) is 3.50. The summed E-state index contributed by atoms with van der Waals surface area (Å²) in [6.45, 7) is 12.8. The van der Waals surface area contributed by atoms with Gasteiger partial charge in [-0.3, -0.25) is 0 Å². The predicted molar refractivity (Wildman–Crippen MR) is 91.6 cm³/mol. The summed E-state index contributed by atoms with van der Waals surface area (Å²) in [7, 11) is 0. The summed E-state index contributed by atoms with van der Waals surface area (Å²) < 4.78 is 5.72. The van der Waals surface area contributed by atoms with Crippen LogP contribution in [0.5, 0.6) is 0 Å². The number of rotatable bonds is 11. The van der Waals surface area contributed by atoms with Crippen LogP contribution >= 0.6 is 0 Å². The van der Waals surface area contributed by atoms with Crippen molar-refractivity contribution < 1.29 is 4.74 Å². The molecule has 0 aliphatic rings. The summed E-state index contributed by atoms with van der Waals surface area (Å²) in [4.78, 5) is 0. The minimum Gasteiger partial charge on any atom is -0.377 e. The Morgan fingerprint density at radius 1 is 0.952 bits per heavy atom. The zero-order chi connectivity index (χ0) is 15.5. The third kappa shape index (κ3) is 9.65. The van der Waals surface area contributed by atoms with Gasteiger partial charge in [0.1, 0.15) is 0 Å². The molecule has 1 N–H and O–H groups in total. The summed E-state index contributed by atoms with van der Waals surface area (Å²) in [5.41, 5.74) is 2.67. The van der Waals surface area contributed by atoms with Crippen molar-refractivity contribution in [2.75, 3.05) is 19.7 Å². The number of hydrogen-bond donors (Lipinski definition) is 1. The maximum Gasteiger partial charge on any atom is 0.0716 e. The molecule has 1 rings (SSSR count). The van der Waals surface area contributed by atoms with Gasteiger partial charge in [0.25, 0.3) is 0 Å². The zero-order valence-electron chi connectivity index (χ0n) is 14.3. The zero-order valence-corrected chi connectivity index (χ0v) is 14.3. The Bertz CT molecular complexity index is 356. The Labute approximate surface area is 131 Å². The Morgan fingerprint density at radius 3 is 2.24 bits per heavy atom. The lowest BCUT2D eigenvalue weighted by molar-refractivity contribution is 0.115. The molecule has 120 valence electrons. The lowest BCUT2D eigenvalue weighted by atomic mass is 10.1. The fourth-order valence-corrected chi connectivity index (χ4v) is 2.21. The third-order valence-corrected chi connectivity index (χ3v) is 3.50. The van der Waals surface area contributed by atoms with E-state index in [1.807, 2.05) is 0 Å². The van der Waals surface area contributed by atoms with Crippen molar-refractivity contribution in [2.45, 2.75) is 53.6 Å². The molecule has 1 aromatic carbocycles. The fraction of sp³-hybridized carbons (Fsp3) is 0.684. The molecule has 0 saturated heterocycles. The fourth-order valence-electron chi connectivity index (χ4n) is 2.21. The maximum absolute atomic E-state index is 5.72. The van der Waals surface area contributed by atoms with Crippen molar-refractivity contribution in [3.05, 3.63) is 35.4 Å². The molecule has 0 spiro atoms. The predicted octanol–water partition coefficient (Wildman–Crippen LogP) is 4.43. The van der Waals surface area contributed by atoms with Gasteiger partial charge >= 0.3 is 0 Å². The van der Waals surface area contributed by atoms with Gasteiger partial charge in [-0.2, -0.15) is 0 Å². The molecule has 0 fully saturated rings. The van der Waals surface area contributed by atoms with Crippen LogP contribution in [0.4, 0.5) is 0 Å². The summed E-state index contributed by atoms with van der Waals surface area (Å²) in [6.07, 6.45) is 3.52. The van der Waals surface area contributed by atoms with Gasteiger partial charge in [0.2, 0.25) is 0 Å². The van der Waals surface area contributed by atoms with Gasteiger partial charge in [0, 0.05) is 6.61 Å². The van der Waals surface area contributed by atoms with E-state index in [2.05, 4.69) is 57.3 Å². The van der Waals surface area contributed by atoms with E-state index in [0.717, 1.165) is 51.0 Å². The van der Waals surface area contributed by atoms with Crippen LogP contribution < -0.4 is 5.32 Å². The average Bonchev–Trinajstić information content (AvgIpc) is 2.44.